The van der Waals surface area contributed by atoms with Crippen LogP contribution < -0.4 is 0 Å². The molecule has 3 aliphatic rings. The zero-order chi connectivity index (χ0) is 19.6. The Morgan fingerprint density at radius 1 is 1.30 bits per heavy atom. The Bertz CT molecular complexity index is 864. The lowest BCUT2D eigenvalue weighted by Crippen LogP contribution is -2.45. The lowest BCUT2D eigenvalue weighted by atomic mass is 9.69. The van der Waals surface area contributed by atoms with E-state index in [1.807, 2.05) is 6.92 Å². The molecule has 2 aliphatic carbocycles. The number of benzene rings is 1. The van der Waals surface area contributed by atoms with Gasteiger partial charge in [-0.25, -0.2) is 17.1 Å². The van der Waals surface area contributed by atoms with Crippen molar-refractivity contribution < 1.29 is 17.6 Å². The van der Waals surface area contributed by atoms with E-state index in [9.17, 15) is 17.6 Å². The van der Waals surface area contributed by atoms with Gasteiger partial charge in [-0.1, -0.05) is 39.3 Å². The zero-order valence-corrected chi connectivity index (χ0v) is 17.1. The molecule has 1 amide bonds. The highest BCUT2D eigenvalue weighted by Crippen LogP contribution is 2.70. The molecule has 4 rings (SSSR count). The van der Waals surface area contributed by atoms with Gasteiger partial charge in [-0.15, -0.1) is 0 Å². The minimum atomic E-state index is -3.63. The topological polar surface area (TPSA) is 54.5 Å². The molecule has 4 nitrogen and oxygen atoms in total. The summed E-state index contributed by atoms with van der Waals surface area (Å²) < 4.78 is 40.8. The molecule has 1 aromatic carbocycles. The van der Waals surface area contributed by atoms with Gasteiger partial charge in [-0.2, -0.15) is 0 Å². The van der Waals surface area contributed by atoms with Crippen LogP contribution in [0, 0.1) is 22.6 Å². The van der Waals surface area contributed by atoms with Crippen LogP contribution >= 0.6 is 0 Å². The maximum Gasteiger partial charge on any atom is 0.243 e. The Morgan fingerprint density at radius 2 is 1.96 bits per heavy atom. The molecule has 1 spiro atoms. The molecule has 1 aliphatic heterocycles. The van der Waals surface area contributed by atoms with E-state index in [-0.39, 0.29) is 34.3 Å². The first-order chi connectivity index (χ1) is 12.6. The number of sulfonamides is 1. The second kappa shape index (κ2) is 6.03. The predicted molar refractivity (Wildman–Crippen MR) is 102 cm³/mol. The largest absolute Gasteiger partial charge is 0.273 e. The zero-order valence-electron chi connectivity index (χ0n) is 16.2. The number of amides is 1. The van der Waals surface area contributed by atoms with Crippen LogP contribution in [0.4, 0.5) is 4.39 Å². The summed E-state index contributed by atoms with van der Waals surface area (Å²) in [6.45, 7) is 6.33. The number of carbonyl (C=O) groups is 1. The minimum Gasteiger partial charge on any atom is -0.273 e. The van der Waals surface area contributed by atoms with Crippen molar-refractivity contribution >= 4 is 15.9 Å². The molecule has 3 fully saturated rings. The third-order valence-electron chi connectivity index (χ3n) is 7.78. The number of hydrogen-bond donors (Lipinski definition) is 0. The third kappa shape index (κ3) is 2.51. The minimum absolute atomic E-state index is 0.0596. The van der Waals surface area contributed by atoms with Gasteiger partial charge in [-0.05, 0) is 54.7 Å². The summed E-state index contributed by atoms with van der Waals surface area (Å²) in [4.78, 5) is 13.5. The summed E-state index contributed by atoms with van der Waals surface area (Å²) in [5, 5.41) is 0. The fraction of sp³-hybridized carbons (Fsp3) is 0.667. The van der Waals surface area contributed by atoms with Gasteiger partial charge in [-0.3, -0.25) is 4.79 Å². The van der Waals surface area contributed by atoms with Gasteiger partial charge in [0.2, 0.25) is 15.9 Å². The highest BCUT2D eigenvalue weighted by molar-refractivity contribution is 7.90. The fourth-order valence-electron chi connectivity index (χ4n) is 6.15. The summed E-state index contributed by atoms with van der Waals surface area (Å²) in [5.41, 5.74) is 0.323. The molecule has 2 saturated carbocycles. The number of nitrogens with zero attached hydrogens (tertiary/aromatic N) is 1. The first-order valence-electron chi connectivity index (χ1n) is 9.95. The Morgan fingerprint density at radius 3 is 2.56 bits per heavy atom. The van der Waals surface area contributed by atoms with Crippen LogP contribution in [0.5, 0.6) is 0 Å². The van der Waals surface area contributed by atoms with E-state index in [0.717, 1.165) is 25.7 Å². The lowest BCUT2D eigenvalue weighted by molar-refractivity contribution is -0.130. The molecule has 1 heterocycles. The molecule has 27 heavy (non-hydrogen) atoms. The summed E-state index contributed by atoms with van der Waals surface area (Å²) in [6, 6.07) is 5.68. The summed E-state index contributed by atoms with van der Waals surface area (Å²) in [7, 11) is -3.63. The van der Waals surface area contributed by atoms with Crippen LogP contribution in [0.1, 0.15) is 64.4 Å². The maximum atomic E-state index is 13.5. The number of hydrogen-bond acceptors (Lipinski definition) is 3. The van der Waals surface area contributed by atoms with E-state index < -0.39 is 15.9 Å². The van der Waals surface area contributed by atoms with Gasteiger partial charge in [0.1, 0.15) is 5.82 Å². The lowest BCUT2D eigenvalue weighted by Gasteiger charge is -2.37. The molecule has 2 bridgehead atoms. The second-order valence-corrected chi connectivity index (χ2v) is 11.0. The Kier molecular flexibility index (Phi) is 4.22. The molecule has 3 unspecified atom stereocenters. The SMILES string of the molecule is CCC[C@H](C(=O)N1C2CC3CCC2(CS1(=O)=O)C3(C)C)c1ccc(F)cc1. The molecular formula is C21H28FNO3S. The van der Waals surface area contributed by atoms with Gasteiger partial charge in [0.25, 0.3) is 0 Å². The molecule has 0 aromatic heterocycles. The van der Waals surface area contributed by atoms with Crippen LogP contribution in [-0.2, 0) is 14.8 Å². The molecule has 0 N–H and O–H groups in total. The quantitative estimate of drug-likeness (QED) is 0.775. The third-order valence-corrected chi connectivity index (χ3v) is 9.69. The van der Waals surface area contributed by atoms with Crippen molar-refractivity contribution in [1.82, 2.24) is 4.31 Å². The van der Waals surface area contributed by atoms with E-state index in [1.54, 1.807) is 12.1 Å². The van der Waals surface area contributed by atoms with Gasteiger partial charge >= 0.3 is 0 Å². The van der Waals surface area contributed by atoms with Crippen LogP contribution in [0.3, 0.4) is 0 Å². The number of carbonyl (C=O) groups excluding carboxylic acids is 1. The van der Waals surface area contributed by atoms with Crippen molar-refractivity contribution in [3.63, 3.8) is 0 Å². The van der Waals surface area contributed by atoms with E-state index in [2.05, 4.69) is 13.8 Å². The van der Waals surface area contributed by atoms with Crippen molar-refractivity contribution in [1.29, 1.82) is 0 Å². The van der Waals surface area contributed by atoms with Crippen LogP contribution in [0.25, 0.3) is 0 Å². The van der Waals surface area contributed by atoms with E-state index in [4.69, 9.17) is 0 Å². The smallest absolute Gasteiger partial charge is 0.243 e. The molecule has 1 aromatic rings. The van der Waals surface area contributed by atoms with Crippen LogP contribution in [-0.4, -0.2) is 30.4 Å². The first kappa shape index (κ1) is 18.9. The van der Waals surface area contributed by atoms with Gasteiger partial charge in [0.15, 0.2) is 0 Å². The summed E-state index contributed by atoms with van der Waals surface area (Å²) in [5.74, 6) is -0.661. The van der Waals surface area contributed by atoms with E-state index >= 15 is 0 Å². The molecule has 4 atom stereocenters. The average Bonchev–Trinajstić information content (AvgIpc) is 3.07. The number of fused-ring (bicyclic) bond motifs is 1. The van der Waals surface area contributed by atoms with Gasteiger partial charge < -0.3 is 0 Å². The number of halogens is 1. The summed E-state index contributed by atoms with van der Waals surface area (Å²) in [6.07, 6.45) is 4.03. The molecule has 148 valence electrons. The Labute approximate surface area is 161 Å². The van der Waals surface area contributed by atoms with Crippen molar-refractivity contribution in [3.8, 4) is 0 Å². The van der Waals surface area contributed by atoms with E-state index in [1.165, 1.54) is 16.4 Å². The monoisotopic (exact) mass is 393 g/mol. The van der Waals surface area contributed by atoms with Crippen molar-refractivity contribution in [2.45, 2.75) is 64.8 Å². The van der Waals surface area contributed by atoms with Crippen LogP contribution in [0.2, 0.25) is 0 Å². The predicted octanol–water partition coefficient (Wildman–Crippen LogP) is 4.08. The van der Waals surface area contributed by atoms with Crippen LogP contribution in [0.15, 0.2) is 24.3 Å². The standard InChI is InChI=1S/C21H28FNO3S/c1-4-5-17(14-6-8-16(22)9-7-14)19(24)23-18-12-15-10-11-21(18,20(15,2)3)13-27(23,25)26/h6-9,15,17-18H,4-5,10-13H2,1-3H3/t15?,17-,18?,21?/m0/s1. The molecule has 0 radical (unpaired) electrons. The van der Waals surface area contributed by atoms with Gasteiger partial charge in [0.05, 0.1) is 17.7 Å². The molecule has 6 heteroatoms. The van der Waals surface area contributed by atoms with E-state index in [0.29, 0.717) is 17.9 Å². The average molecular weight is 394 g/mol. The number of rotatable bonds is 4. The second-order valence-electron chi connectivity index (χ2n) is 9.15. The fourth-order valence-corrected chi connectivity index (χ4v) is 8.72. The molecule has 1 saturated heterocycles. The highest BCUT2D eigenvalue weighted by Gasteiger charge is 2.72. The van der Waals surface area contributed by atoms with Crippen molar-refractivity contribution in [2.75, 3.05) is 5.75 Å². The highest BCUT2D eigenvalue weighted by atomic mass is 32.2. The van der Waals surface area contributed by atoms with Crippen molar-refractivity contribution in [2.24, 2.45) is 16.7 Å². The maximum absolute atomic E-state index is 13.5. The Balaban J connectivity index is 1.73. The van der Waals surface area contributed by atoms with Gasteiger partial charge in [0, 0.05) is 5.41 Å². The van der Waals surface area contributed by atoms with Crippen molar-refractivity contribution in [3.05, 3.63) is 35.6 Å². The Hall–Kier alpha value is -1.43. The first-order valence-corrected chi connectivity index (χ1v) is 11.6. The normalized spacial score (nSPS) is 33.9. The summed E-state index contributed by atoms with van der Waals surface area (Å²) >= 11 is 0. The molecular weight excluding hydrogens is 365 g/mol.